The maximum atomic E-state index is 12.9. The first-order chi connectivity index (χ1) is 19.1. The van der Waals surface area contributed by atoms with E-state index in [1.807, 2.05) is 13.0 Å². The molecule has 2 aliphatic heterocycles. The molecule has 1 aromatic carbocycles. The van der Waals surface area contributed by atoms with E-state index in [4.69, 9.17) is 23.4 Å². The summed E-state index contributed by atoms with van der Waals surface area (Å²) in [5.41, 5.74) is 1.53. The average molecular weight is 556 g/mol. The molecule has 0 unspecified atom stereocenters. The lowest BCUT2D eigenvalue weighted by atomic mass is 9.89. The Morgan fingerprint density at radius 1 is 1.18 bits per heavy atom. The number of aromatic nitrogens is 1. The Labute approximate surface area is 232 Å². The first-order valence-corrected chi connectivity index (χ1v) is 13.5. The molecule has 4 atom stereocenters. The summed E-state index contributed by atoms with van der Waals surface area (Å²) in [4.78, 5) is 30.6. The van der Waals surface area contributed by atoms with Crippen LogP contribution in [-0.2, 0) is 20.8 Å². The van der Waals surface area contributed by atoms with Crippen LogP contribution in [0.5, 0.6) is 5.75 Å². The molecule has 2 aliphatic rings. The zero-order valence-electron chi connectivity index (χ0n) is 23.5. The summed E-state index contributed by atoms with van der Waals surface area (Å²) < 4.78 is 29.3. The second-order valence-electron chi connectivity index (χ2n) is 11.0. The number of aliphatic hydroxyl groups is 1. The molecule has 2 aromatic heterocycles. The van der Waals surface area contributed by atoms with Crippen molar-refractivity contribution in [3.8, 4) is 5.75 Å². The number of hydrogen-bond acceptors (Lipinski definition) is 10. The number of nitrogens with one attached hydrogen (secondary N) is 2. The highest BCUT2D eigenvalue weighted by molar-refractivity contribution is 5.87. The highest BCUT2D eigenvalue weighted by atomic mass is 16.7. The van der Waals surface area contributed by atoms with Gasteiger partial charge in [0, 0.05) is 62.5 Å². The highest BCUT2D eigenvalue weighted by Crippen LogP contribution is 2.36. The largest absolute Gasteiger partial charge is 0.462 e. The lowest BCUT2D eigenvalue weighted by Gasteiger charge is -2.47. The SMILES string of the molecule is CO[C@@H]1[C@@H](OC(=O)c2ccc(C)[nH]2)[C@@H](O)[C@H](Oc2ccc3c(CN4CCNCC4)cc(=O)oc3c2C)OC1(C)C. The normalized spacial score (nSPS) is 25.1. The smallest absolute Gasteiger partial charge is 0.355 e. The summed E-state index contributed by atoms with van der Waals surface area (Å²) in [6.45, 7) is 11.4. The van der Waals surface area contributed by atoms with E-state index < -0.39 is 41.8 Å². The zero-order chi connectivity index (χ0) is 28.6. The number of carbonyl (C=O) groups is 1. The van der Waals surface area contributed by atoms with Gasteiger partial charge in [0.2, 0.25) is 6.29 Å². The fourth-order valence-corrected chi connectivity index (χ4v) is 5.52. The second kappa shape index (κ2) is 11.3. The minimum Gasteiger partial charge on any atom is -0.462 e. The standard InChI is InChI=1S/C29H37N3O8/c1-16-6-8-20(31-16)27(35)39-25-23(34)28(40-29(3,4)26(25)36-5)37-21-9-7-19-18(15-32-12-10-30-11-13-32)14-22(33)38-24(19)17(21)2/h6-9,14,23,25-26,28,30-31,34H,10-13,15H2,1-5H3/t23-,25+,26-,28-/m1/s1. The molecule has 0 spiro atoms. The Hall–Kier alpha value is -3.22. The Morgan fingerprint density at radius 3 is 2.60 bits per heavy atom. The Kier molecular flexibility index (Phi) is 8.03. The first kappa shape index (κ1) is 28.3. The number of H-pyrrole nitrogens is 1. The number of hydrogen-bond donors (Lipinski definition) is 3. The van der Waals surface area contributed by atoms with Gasteiger partial charge in [0.15, 0.2) is 12.2 Å². The van der Waals surface area contributed by atoms with Crippen molar-refractivity contribution < 1.29 is 33.3 Å². The lowest BCUT2D eigenvalue weighted by Crippen LogP contribution is -2.65. The zero-order valence-corrected chi connectivity index (χ0v) is 23.5. The molecule has 0 radical (unpaired) electrons. The number of aryl methyl sites for hydroxylation is 2. The molecule has 0 amide bonds. The third kappa shape index (κ3) is 5.65. The van der Waals surface area contributed by atoms with Crippen LogP contribution < -0.4 is 15.7 Å². The number of fused-ring (bicyclic) bond motifs is 1. The fraction of sp³-hybridized carbons (Fsp3) is 0.517. The van der Waals surface area contributed by atoms with Gasteiger partial charge in [-0.2, -0.15) is 0 Å². The van der Waals surface area contributed by atoms with Crippen LogP contribution in [0, 0.1) is 13.8 Å². The van der Waals surface area contributed by atoms with E-state index in [0.29, 0.717) is 23.4 Å². The summed E-state index contributed by atoms with van der Waals surface area (Å²) in [6.07, 6.45) is -4.43. The van der Waals surface area contributed by atoms with Gasteiger partial charge in [-0.25, -0.2) is 9.59 Å². The van der Waals surface area contributed by atoms with Crippen molar-refractivity contribution >= 4 is 16.9 Å². The molecule has 3 aromatic rings. The quantitative estimate of drug-likeness (QED) is 0.294. The van der Waals surface area contributed by atoms with Gasteiger partial charge in [-0.3, -0.25) is 4.90 Å². The predicted octanol–water partition coefficient (Wildman–Crippen LogP) is 2.26. The third-order valence-corrected chi connectivity index (χ3v) is 7.61. The van der Waals surface area contributed by atoms with Crippen LogP contribution in [0.25, 0.3) is 11.0 Å². The van der Waals surface area contributed by atoms with E-state index in [1.165, 1.54) is 13.2 Å². The molecule has 3 N–H and O–H groups in total. The molecule has 5 rings (SSSR count). The van der Waals surface area contributed by atoms with E-state index in [0.717, 1.165) is 42.8 Å². The van der Waals surface area contributed by atoms with Crippen LogP contribution in [0.4, 0.5) is 0 Å². The summed E-state index contributed by atoms with van der Waals surface area (Å²) in [5.74, 6) is -0.257. The molecule has 0 saturated carbocycles. The first-order valence-electron chi connectivity index (χ1n) is 13.5. The molecule has 0 aliphatic carbocycles. The molecule has 40 heavy (non-hydrogen) atoms. The van der Waals surface area contributed by atoms with Gasteiger partial charge in [-0.05, 0) is 57.5 Å². The Bertz CT molecular complexity index is 1420. The van der Waals surface area contributed by atoms with Crippen LogP contribution in [0.15, 0.2) is 39.5 Å². The van der Waals surface area contributed by atoms with E-state index in [2.05, 4.69) is 15.2 Å². The highest BCUT2D eigenvalue weighted by Gasteiger charge is 2.53. The van der Waals surface area contributed by atoms with Gasteiger partial charge in [0.05, 0.1) is 5.60 Å². The van der Waals surface area contributed by atoms with Crippen LogP contribution in [0.2, 0.25) is 0 Å². The molecule has 11 nitrogen and oxygen atoms in total. The van der Waals surface area contributed by atoms with Crippen LogP contribution >= 0.6 is 0 Å². The van der Waals surface area contributed by atoms with Crippen molar-refractivity contribution in [2.24, 2.45) is 0 Å². The van der Waals surface area contributed by atoms with Gasteiger partial charge in [0.25, 0.3) is 0 Å². The van der Waals surface area contributed by atoms with Crippen molar-refractivity contribution in [3.63, 3.8) is 0 Å². The molecular weight excluding hydrogens is 518 g/mol. The van der Waals surface area contributed by atoms with Gasteiger partial charge in [-0.1, -0.05) is 0 Å². The number of esters is 1. The third-order valence-electron chi connectivity index (χ3n) is 7.61. The van der Waals surface area contributed by atoms with Crippen molar-refractivity contribution in [1.29, 1.82) is 0 Å². The van der Waals surface area contributed by atoms with E-state index in [-0.39, 0.29) is 5.69 Å². The van der Waals surface area contributed by atoms with Gasteiger partial charge in [-0.15, -0.1) is 0 Å². The van der Waals surface area contributed by atoms with Crippen LogP contribution in [0.1, 0.15) is 41.2 Å². The van der Waals surface area contributed by atoms with Crippen molar-refractivity contribution in [2.75, 3.05) is 33.3 Å². The number of carbonyl (C=O) groups excluding carboxylic acids is 1. The monoisotopic (exact) mass is 555 g/mol. The Morgan fingerprint density at radius 2 is 1.93 bits per heavy atom. The molecule has 4 heterocycles. The summed E-state index contributed by atoms with van der Waals surface area (Å²) >= 11 is 0. The summed E-state index contributed by atoms with van der Waals surface area (Å²) in [6, 6.07) is 8.54. The number of piperazine rings is 1. The maximum absolute atomic E-state index is 12.9. The topological polar surface area (TPSA) is 135 Å². The lowest BCUT2D eigenvalue weighted by molar-refractivity contribution is -0.305. The summed E-state index contributed by atoms with van der Waals surface area (Å²) in [7, 11) is 1.47. The number of rotatable bonds is 7. The molecule has 2 fully saturated rings. The average Bonchev–Trinajstić information content (AvgIpc) is 3.35. The number of ether oxygens (including phenoxy) is 4. The number of methoxy groups -OCH3 is 1. The number of aromatic amines is 1. The van der Waals surface area contributed by atoms with E-state index in [1.54, 1.807) is 39.0 Å². The van der Waals surface area contributed by atoms with E-state index >= 15 is 0 Å². The molecule has 11 heteroatoms. The number of nitrogens with zero attached hydrogens (tertiary/aromatic N) is 1. The number of aliphatic hydroxyl groups excluding tert-OH is 1. The van der Waals surface area contributed by atoms with Gasteiger partial charge < -0.3 is 38.8 Å². The minimum atomic E-state index is -1.38. The number of benzene rings is 1. The predicted molar refractivity (Wildman–Crippen MR) is 146 cm³/mol. The molecule has 0 bridgehead atoms. The van der Waals surface area contributed by atoms with Crippen LogP contribution in [-0.4, -0.2) is 84.5 Å². The molecule has 216 valence electrons. The summed E-state index contributed by atoms with van der Waals surface area (Å²) in [5, 5.41) is 15.5. The minimum absolute atomic E-state index is 0.262. The van der Waals surface area contributed by atoms with Crippen molar-refractivity contribution in [3.05, 3.63) is 63.3 Å². The van der Waals surface area contributed by atoms with Gasteiger partial charge in [0.1, 0.15) is 23.1 Å². The fourth-order valence-electron chi connectivity index (χ4n) is 5.52. The molecule has 2 saturated heterocycles. The van der Waals surface area contributed by atoms with E-state index in [9.17, 15) is 14.7 Å². The Balaban J connectivity index is 1.42. The second-order valence-corrected chi connectivity index (χ2v) is 11.0. The van der Waals surface area contributed by atoms with Crippen molar-refractivity contribution in [2.45, 2.75) is 64.4 Å². The van der Waals surface area contributed by atoms with Gasteiger partial charge >= 0.3 is 11.6 Å². The maximum Gasteiger partial charge on any atom is 0.355 e. The molecular formula is C29H37N3O8. The van der Waals surface area contributed by atoms with Crippen LogP contribution in [0.3, 0.4) is 0 Å². The van der Waals surface area contributed by atoms with Crippen molar-refractivity contribution in [1.82, 2.24) is 15.2 Å².